The minimum absolute atomic E-state index is 0.596. The average Bonchev–Trinajstić information content (AvgIpc) is 2.32. The van der Waals surface area contributed by atoms with Gasteiger partial charge in [0.2, 0.25) is 0 Å². The smallest absolute Gasteiger partial charge is 0.0198 e. The molecule has 0 saturated heterocycles. The van der Waals surface area contributed by atoms with E-state index < -0.39 is 0 Å². The second kappa shape index (κ2) is 9.21. The summed E-state index contributed by atoms with van der Waals surface area (Å²) < 4.78 is 1.31. The third-order valence-corrected chi connectivity index (χ3v) is 4.92. The molecule has 1 nitrogen and oxygen atoms in total. The molecule has 102 valence electrons. The van der Waals surface area contributed by atoms with Gasteiger partial charge in [-0.1, -0.05) is 32.9 Å². The molecule has 0 spiro atoms. The highest BCUT2D eigenvalue weighted by molar-refractivity contribution is 14.1. The van der Waals surface area contributed by atoms with Crippen LogP contribution in [-0.2, 0) is 6.42 Å². The van der Waals surface area contributed by atoms with Crippen molar-refractivity contribution in [3.63, 3.8) is 0 Å². The summed E-state index contributed by atoms with van der Waals surface area (Å²) in [6.45, 7) is 7.81. The van der Waals surface area contributed by atoms with Crippen molar-refractivity contribution in [1.82, 2.24) is 5.32 Å². The van der Waals surface area contributed by atoms with Crippen LogP contribution in [-0.4, -0.2) is 24.1 Å². The molecule has 1 N–H and O–H groups in total. The normalized spacial score (nSPS) is 12.9. The Morgan fingerprint density at radius 3 is 2.39 bits per heavy atom. The lowest BCUT2D eigenvalue weighted by molar-refractivity contribution is 0.572. The zero-order valence-electron chi connectivity index (χ0n) is 11.6. The molecule has 0 radical (unpaired) electrons. The molecular weight excluding hydrogens is 353 g/mol. The van der Waals surface area contributed by atoms with Crippen LogP contribution in [0.2, 0.25) is 0 Å². The van der Waals surface area contributed by atoms with Crippen LogP contribution in [0.3, 0.4) is 0 Å². The third-order valence-electron chi connectivity index (χ3n) is 2.66. The van der Waals surface area contributed by atoms with Gasteiger partial charge >= 0.3 is 0 Å². The fraction of sp³-hybridized carbons (Fsp3) is 0.600. The number of likely N-dealkylation sites (N-methyl/N-ethyl adjacent to an activating group) is 1. The van der Waals surface area contributed by atoms with Crippen LogP contribution in [0.15, 0.2) is 24.3 Å². The van der Waals surface area contributed by atoms with Crippen molar-refractivity contribution < 1.29 is 0 Å². The number of thioether (sulfide) groups is 1. The zero-order valence-corrected chi connectivity index (χ0v) is 14.6. The molecule has 1 rings (SSSR count). The van der Waals surface area contributed by atoms with E-state index in [0.29, 0.717) is 6.04 Å². The van der Waals surface area contributed by atoms with Gasteiger partial charge in [-0.05, 0) is 64.9 Å². The van der Waals surface area contributed by atoms with E-state index in [1.165, 1.54) is 20.6 Å². The Morgan fingerprint density at radius 2 is 1.83 bits per heavy atom. The molecule has 1 aromatic carbocycles. The first-order chi connectivity index (χ1) is 8.61. The first-order valence-corrected chi connectivity index (χ1v) is 8.90. The summed E-state index contributed by atoms with van der Waals surface area (Å²) in [6.07, 6.45) is 1.13. The molecule has 0 bridgehead atoms. The molecule has 0 aliphatic heterocycles. The Morgan fingerprint density at radius 1 is 1.17 bits per heavy atom. The molecule has 1 atom stereocenters. The summed E-state index contributed by atoms with van der Waals surface area (Å²) >= 11 is 4.42. The minimum Gasteiger partial charge on any atom is -0.313 e. The molecule has 0 heterocycles. The van der Waals surface area contributed by atoms with E-state index in [1.54, 1.807) is 0 Å². The van der Waals surface area contributed by atoms with E-state index in [0.717, 1.165) is 18.9 Å². The number of benzene rings is 1. The van der Waals surface area contributed by atoms with Crippen molar-refractivity contribution in [2.45, 2.75) is 33.2 Å². The van der Waals surface area contributed by atoms with Gasteiger partial charge in [-0.2, -0.15) is 11.8 Å². The highest BCUT2D eigenvalue weighted by Gasteiger charge is 2.09. The molecule has 1 aromatic rings. The molecule has 0 aliphatic rings. The monoisotopic (exact) mass is 377 g/mol. The van der Waals surface area contributed by atoms with Gasteiger partial charge < -0.3 is 5.32 Å². The van der Waals surface area contributed by atoms with Crippen molar-refractivity contribution >= 4 is 34.4 Å². The van der Waals surface area contributed by atoms with Crippen LogP contribution in [0.5, 0.6) is 0 Å². The SMILES string of the molecule is CCNC(CSCC(C)C)Cc1ccc(I)cc1. The van der Waals surface area contributed by atoms with Gasteiger partial charge in [0.1, 0.15) is 0 Å². The van der Waals surface area contributed by atoms with Gasteiger partial charge in [-0.25, -0.2) is 0 Å². The summed E-state index contributed by atoms with van der Waals surface area (Å²) in [5, 5.41) is 3.60. The highest BCUT2D eigenvalue weighted by Crippen LogP contribution is 2.13. The summed E-state index contributed by atoms with van der Waals surface area (Å²) in [4.78, 5) is 0. The maximum atomic E-state index is 3.60. The lowest BCUT2D eigenvalue weighted by Crippen LogP contribution is -2.33. The van der Waals surface area contributed by atoms with Crippen LogP contribution >= 0.6 is 34.4 Å². The third kappa shape index (κ3) is 7.00. The Bertz CT molecular complexity index is 324. The Labute approximate surface area is 130 Å². The van der Waals surface area contributed by atoms with E-state index >= 15 is 0 Å². The van der Waals surface area contributed by atoms with Crippen molar-refractivity contribution in [3.05, 3.63) is 33.4 Å². The van der Waals surface area contributed by atoms with Gasteiger partial charge in [0, 0.05) is 15.4 Å². The number of hydrogen-bond donors (Lipinski definition) is 1. The van der Waals surface area contributed by atoms with Crippen molar-refractivity contribution in [1.29, 1.82) is 0 Å². The number of hydrogen-bond acceptors (Lipinski definition) is 2. The van der Waals surface area contributed by atoms with Gasteiger partial charge in [0.05, 0.1) is 0 Å². The van der Waals surface area contributed by atoms with Gasteiger partial charge in [-0.15, -0.1) is 0 Å². The Hall–Kier alpha value is 0.260. The van der Waals surface area contributed by atoms with E-state index in [4.69, 9.17) is 0 Å². The van der Waals surface area contributed by atoms with Crippen molar-refractivity contribution in [3.8, 4) is 0 Å². The Balaban J connectivity index is 2.43. The second-order valence-corrected chi connectivity index (χ2v) is 7.34. The zero-order chi connectivity index (χ0) is 13.4. The fourth-order valence-electron chi connectivity index (χ4n) is 1.83. The molecule has 0 aromatic heterocycles. The number of nitrogens with one attached hydrogen (secondary N) is 1. The minimum atomic E-state index is 0.596. The van der Waals surface area contributed by atoms with E-state index in [-0.39, 0.29) is 0 Å². The van der Waals surface area contributed by atoms with Crippen LogP contribution in [0.4, 0.5) is 0 Å². The summed E-state index contributed by atoms with van der Waals surface area (Å²) in [5.41, 5.74) is 1.44. The predicted molar refractivity (Wildman–Crippen MR) is 92.5 cm³/mol. The molecular formula is C15H24INS. The quantitative estimate of drug-likeness (QED) is 0.682. The van der Waals surface area contributed by atoms with Gasteiger partial charge in [0.25, 0.3) is 0 Å². The second-order valence-electron chi connectivity index (χ2n) is 5.02. The van der Waals surface area contributed by atoms with Crippen molar-refractivity contribution in [2.75, 3.05) is 18.1 Å². The molecule has 0 amide bonds. The molecule has 0 saturated carbocycles. The van der Waals surface area contributed by atoms with Crippen molar-refractivity contribution in [2.24, 2.45) is 5.92 Å². The van der Waals surface area contributed by atoms with Crippen LogP contribution < -0.4 is 5.32 Å². The summed E-state index contributed by atoms with van der Waals surface area (Å²) in [6, 6.07) is 9.48. The highest BCUT2D eigenvalue weighted by atomic mass is 127. The fourth-order valence-corrected chi connectivity index (χ4v) is 3.32. The topological polar surface area (TPSA) is 12.0 Å². The van der Waals surface area contributed by atoms with E-state index in [1.807, 2.05) is 0 Å². The van der Waals surface area contributed by atoms with Crippen LogP contribution in [0.1, 0.15) is 26.3 Å². The van der Waals surface area contributed by atoms with Crippen LogP contribution in [0.25, 0.3) is 0 Å². The largest absolute Gasteiger partial charge is 0.313 e. The molecule has 0 aliphatic carbocycles. The molecule has 1 unspecified atom stereocenters. The lowest BCUT2D eigenvalue weighted by atomic mass is 10.1. The Kier molecular flexibility index (Phi) is 8.35. The maximum Gasteiger partial charge on any atom is 0.0198 e. The standard InChI is InChI=1S/C15H24INS/c1-4-17-15(11-18-10-12(2)3)9-13-5-7-14(16)8-6-13/h5-8,12,15,17H,4,9-11H2,1-3H3. The number of halogens is 1. The van der Waals surface area contributed by atoms with Gasteiger partial charge in [0.15, 0.2) is 0 Å². The summed E-state index contributed by atoms with van der Waals surface area (Å²) in [7, 11) is 0. The van der Waals surface area contributed by atoms with E-state index in [9.17, 15) is 0 Å². The van der Waals surface area contributed by atoms with Gasteiger partial charge in [-0.3, -0.25) is 0 Å². The lowest BCUT2D eigenvalue weighted by Gasteiger charge is -2.18. The average molecular weight is 377 g/mol. The van der Waals surface area contributed by atoms with E-state index in [2.05, 4.69) is 84.7 Å². The molecule has 3 heteroatoms. The first-order valence-electron chi connectivity index (χ1n) is 6.67. The number of rotatable bonds is 8. The molecule has 18 heavy (non-hydrogen) atoms. The molecule has 0 fully saturated rings. The summed E-state index contributed by atoms with van der Waals surface area (Å²) in [5.74, 6) is 3.25. The van der Waals surface area contributed by atoms with Crippen LogP contribution in [0, 0.1) is 9.49 Å². The predicted octanol–water partition coefficient (Wildman–Crippen LogP) is 4.20. The maximum absolute atomic E-state index is 3.60. The first kappa shape index (κ1) is 16.3.